The molecule has 4 nitrogen and oxygen atoms in total. The molecule has 0 heterocycles. The van der Waals surface area contributed by atoms with Crippen LogP contribution in [-0.4, -0.2) is 27.5 Å². The second-order valence-corrected chi connectivity index (χ2v) is 13.2. The average Bonchev–Trinajstić information content (AvgIpc) is 2.87. The number of benzene rings is 2. The summed E-state index contributed by atoms with van der Waals surface area (Å²) >= 11 is 0. The lowest BCUT2D eigenvalue weighted by Crippen LogP contribution is -2.54. The molecule has 0 amide bonds. The summed E-state index contributed by atoms with van der Waals surface area (Å²) in [5.74, 6) is 0.576. The minimum Gasteiger partial charge on any atom is -0.497 e. The molecule has 0 saturated carbocycles. The van der Waals surface area contributed by atoms with E-state index < -0.39 is 13.7 Å². The van der Waals surface area contributed by atoms with E-state index in [1.807, 2.05) is 54.6 Å². The first-order valence-corrected chi connectivity index (χ1v) is 14.3. The van der Waals surface area contributed by atoms with Gasteiger partial charge in [0, 0.05) is 0 Å². The molecule has 32 heavy (non-hydrogen) atoms. The van der Waals surface area contributed by atoms with E-state index in [0.717, 1.165) is 41.4 Å². The largest absolute Gasteiger partial charge is 0.497 e. The van der Waals surface area contributed by atoms with Crippen molar-refractivity contribution in [3.05, 3.63) is 77.9 Å². The summed E-state index contributed by atoms with van der Waals surface area (Å²) in [4.78, 5) is 13.8. The molecule has 0 bridgehead atoms. The Morgan fingerprint density at radius 1 is 1.00 bits per heavy atom. The van der Waals surface area contributed by atoms with Gasteiger partial charge in [0.05, 0.1) is 13.2 Å². The molecule has 1 aliphatic rings. The van der Waals surface area contributed by atoms with Gasteiger partial charge in [0.15, 0.2) is 8.32 Å². The number of hydrogen-bond donors (Lipinski definition) is 0. The number of ether oxygens (including phenoxy) is 2. The Morgan fingerprint density at radius 2 is 1.66 bits per heavy atom. The van der Waals surface area contributed by atoms with Crippen LogP contribution in [0.1, 0.15) is 44.7 Å². The fourth-order valence-electron chi connectivity index (χ4n) is 4.63. The van der Waals surface area contributed by atoms with Crippen LogP contribution in [0.5, 0.6) is 5.75 Å². The van der Waals surface area contributed by atoms with Crippen LogP contribution >= 0.6 is 0 Å². The SMILES string of the molecule is CC[Si](CC)(CC)OC1C=CCCC1(C(=O)OCc1ccc(OC)cc1)c1ccccc1. The molecule has 0 saturated heterocycles. The molecule has 1 aliphatic carbocycles. The smallest absolute Gasteiger partial charge is 0.319 e. The third kappa shape index (κ3) is 4.99. The first-order chi connectivity index (χ1) is 15.5. The van der Waals surface area contributed by atoms with Gasteiger partial charge in [-0.3, -0.25) is 4.79 Å². The monoisotopic (exact) mass is 452 g/mol. The van der Waals surface area contributed by atoms with Crippen LogP contribution in [0.3, 0.4) is 0 Å². The van der Waals surface area contributed by atoms with E-state index in [4.69, 9.17) is 13.9 Å². The Morgan fingerprint density at radius 3 is 2.25 bits per heavy atom. The minimum atomic E-state index is -1.94. The molecule has 3 rings (SSSR count). The number of rotatable bonds is 10. The van der Waals surface area contributed by atoms with Crippen LogP contribution in [0.4, 0.5) is 0 Å². The Labute approximate surface area is 193 Å². The predicted octanol–water partition coefficient (Wildman–Crippen LogP) is 6.42. The maximum Gasteiger partial charge on any atom is 0.319 e. The second kappa shape index (κ2) is 11.0. The van der Waals surface area contributed by atoms with Gasteiger partial charge in [0.1, 0.15) is 17.8 Å². The van der Waals surface area contributed by atoms with Crippen molar-refractivity contribution in [1.82, 2.24) is 0 Å². The summed E-state index contributed by atoms with van der Waals surface area (Å²) in [7, 11) is -0.302. The third-order valence-electron chi connectivity index (χ3n) is 6.99. The lowest BCUT2D eigenvalue weighted by molar-refractivity contribution is -0.156. The van der Waals surface area contributed by atoms with Gasteiger partial charge in [-0.05, 0) is 54.2 Å². The van der Waals surface area contributed by atoms with Crippen molar-refractivity contribution in [2.24, 2.45) is 0 Å². The topological polar surface area (TPSA) is 44.8 Å². The van der Waals surface area contributed by atoms with E-state index in [-0.39, 0.29) is 18.7 Å². The van der Waals surface area contributed by atoms with Crippen LogP contribution in [0.25, 0.3) is 0 Å². The van der Waals surface area contributed by atoms with Crippen molar-refractivity contribution in [1.29, 1.82) is 0 Å². The molecule has 0 aliphatic heterocycles. The molecule has 2 aromatic rings. The van der Waals surface area contributed by atoms with E-state index in [1.54, 1.807) is 7.11 Å². The van der Waals surface area contributed by atoms with E-state index in [9.17, 15) is 4.79 Å². The predicted molar refractivity (Wildman–Crippen MR) is 131 cm³/mol. The lowest BCUT2D eigenvalue weighted by Gasteiger charge is -2.44. The zero-order chi connectivity index (χ0) is 23.0. The molecule has 0 radical (unpaired) electrons. The van der Waals surface area contributed by atoms with Crippen LogP contribution in [0, 0.1) is 0 Å². The van der Waals surface area contributed by atoms with Gasteiger partial charge in [-0.2, -0.15) is 0 Å². The minimum absolute atomic E-state index is 0.208. The normalized spacial score (nSPS) is 20.7. The summed E-state index contributed by atoms with van der Waals surface area (Å²) in [6.45, 7) is 6.89. The van der Waals surface area contributed by atoms with Crippen molar-refractivity contribution in [2.45, 2.75) is 69.9 Å². The zero-order valence-electron chi connectivity index (χ0n) is 19.8. The molecule has 5 heteroatoms. The molecular weight excluding hydrogens is 416 g/mol. The van der Waals surface area contributed by atoms with E-state index >= 15 is 0 Å². The quantitative estimate of drug-likeness (QED) is 0.237. The van der Waals surface area contributed by atoms with E-state index in [0.29, 0.717) is 6.42 Å². The summed E-state index contributed by atoms with van der Waals surface area (Å²) < 4.78 is 18.1. The molecule has 0 aromatic heterocycles. The van der Waals surface area contributed by atoms with Crippen LogP contribution in [0.2, 0.25) is 18.1 Å². The number of carbonyl (C=O) groups excluding carboxylic acids is 1. The molecule has 0 fully saturated rings. The average molecular weight is 453 g/mol. The van der Waals surface area contributed by atoms with Crippen LogP contribution < -0.4 is 4.74 Å². The summed E-state index contributed by atoms with van der Waals surface area (Å²) in [5.41, 5.74) is 1.08. The molecule has 2 atom stereocenters. The van der Waals surface area contributed by atoms with Gasteiger partial charge in [-0.1, -0.05) is 75.4 Å². The fraction of sp³-hybridized carbons (Fsp3) is 0.444. The third-order valence-corrected chi connectivity index (χ3v) is 11.6. The van der Waals surface area contributed by atoms with Crippen LogP contribution in [-0.2, 0) is 26.0 Å². The molecular formula is C27H36O4Si. The Hall–Kier alpha value is -2.37. The fourth-order valence-corrected chi connectivity index (χ4v) is 7.44. The van der Waals surface area contributed by atoms with Gasteiger partial charge >= 0.3 is 5.97 Å². The van der Waals surface area contributed by atoms with Crippen molar-refractivity contribution in [3.63, 3.8) is 0 Å². The van der Waals surface area contributed by atoms with Crippen molar-refractivity contribution < 1.29 is 18.7 Å². The van der Waals surface area contributed by atoms with Crippen molar-refractivity contribution >= 4 is 14.3 Å². The number of allylic oxidation sites excluding steroid dienone is 1. The maximum atomic E-state index is 13.8. The molecule has 172 valence electrons. The van der Waals surface area contributed by atoms with Gasteiger partial charge in [-0.15, -0.1) is 0 Å². The standard InChI is InChI=1S/C27H36O4Si/c1-5-32(6-2,7-3)31-25-15-11-12-20-27(25,23-13-9-8-10-14-23)26(28)30-21-22-16-18-24(29-4)19-17-22/h8-11,13-19,25H,5-7,12,20-21H2,1-4H3. The first-order valence-electron chi connectivity index (χ1n) is 11.7. The van der Waals surface area contributed by atoms with Gasteiger partial charge in [0.25, 0.3) is 0 Å². The van der Waals surface area contributed by atoms with E-state index in [1.165, 1.54) is 0 Å². The molecule has 0 N–H and O–H groups in total. The number of esters is 1. The Kier molecular flexibility index (Phi) is 8.32. The van der Waals surface area contributed by atoms with Gasteiger partial charge < -0.3 is 13.9 Å². The summed E-state index contributed by atoms with van der Waals surface area (Å²) in [5, 5.41) is 0. The van der Waals surface area contributed by atoms with E-state index in [2.05, 4.69) is 32.9 Å². The highest BCUT2D eigenvalue weighted by Crippen LogP contribution is 2.42. The molecule has 2 unspecified atom stereocenters. The number of carbonyl (C=O) groups is 1. The zero-order valence-corrected chi connectivity index (χ0v) is 20.8. The number of methoxy groups -OCH3 is 1. The summed E-state index contributed by atoms with van der Waals surface area (Å²) in [6.07, 6.45) is 5.46. The van der Waals surface area contributed by atoms with Gasteiger partial charge in [-0.25, -0.2) is 0 Å². The molecule has 2 aromatic carbocycles. The lowest BCUT2D eigenvalue weighted by atomic mass is 9.70. The Bertz CT molecular complexity index is 881. The highest BCUT2D eigenvalue weighted by atomic mass is 28.4. The van der Waals surface area contributed by atoms with Crippen molar-refractivity contribution in [3.8, 4) is 5.75 Å². The summed E-state index contributed by atoms with van der Waals surface area (Å²) in [6, 6.07) is 20.8. The highest BCUT2D eigenvalue weighted by Gasteiger charge is 2.51. The van der Waals surface area contributed by atoms with Crippen LogP contribution in [0.15, 0.2) is 66.7 Å². The first kappa shape index (κ1) is 24.3. The Balaban J connectivity index is 1.94. The van der Waals surface area contributed by atoms with Crippen molar-refractivity contribution in [2.75, 3.05) is 7.11 Å². The number of hydrogen-bond acceptors (Lipinski definition) is 4. The maximum absolute atomic E-state index is 13.8. The van der Waals surface area contributed by atoms with Gasteiger partial charge in [0.2, 0.25) is 0 Å². The highest BCUT2D eigenvalue weighted by molar-refractivity contribution is 6.73. The second-order valence-electron chi connectivity index (χ2n) is 8.51. The molecule has 0 spiro atoms.